The molecule has 0 radical (unpaired) electrons. The Morgan fingerprint density at radius 3 is 2.08 bits per heavy atom. The smallest absolute Gasteiger partial charge is 0.309 e. The van der Waals surface area contributed by atoms with Gasteiger partial charge in [-0.15, -0.1) is 0 Å². The van der Waals surface area contributed by atoms with Gasteiger partial charge in [-0.05, 0) is 40.7 Å². The molecule has 3 aliphatic carbocycles. The van der Waals surface area contributed by atoms with Gasteiger partial charge in [0.05, 0.1) is 24.2 Å². The Bertz CT molecular complexity index is 1080. The Labute approximate surface area is 236 Å². The topological polar surface area (TPSA) is 82.1 Å². The minimum atomic E-state index is -1.25. The normalized spacial score (nSPS) is 44.9. The van der Waals surface area contributed by atoms with E-state index in [1.54, 1.807) is 7.11 Å². The molecule has 1 N–H and O–H groups in total. The molecule has 9 atom stereocenters. The van der Waals surface area contributed by atoms with E-state index in [-0.39, 0.29) is 53.4 Å². The van der Waals surface area contributed by atoms with Gasteiger partial charge in [0.2, 0.25) is 0 Å². The van der Waals surface area contributed by atoms with Gasteiger partial charge in [0, 0.05) is 36.2 Å². The molecule has 2 saturated carbocycles. The van der Waals surface area contributed by atoms with Crippen LogP contribution in [-0.4, -0.2) is 54.0 Å². The van der Waals surface area contributed by atoms with Crippen molar-refractivity contribution in [3.8, 4) is 0 Å². The SMILES string of the molecule is COC12COC1C(C)(C)C(C)(C)[C@@]1(C)C(=O)[C@H](C)C3=C(C)C(OC(=O)[C@H](C)C(C)C)CC(O)([C@@H](C)C21)C3(C)C. The largest absolute Gasteiger partial charge is 0.458 e. The second-order valence-electron chi connectivity index (χ2n) is 15.6. The summed E-state index contributed by atoms with van der Waals surface area (Å²) in [5.41, 5.74) is -2.49. The first kappa shape index (κ1) is 30.7. The molecule has 4 aliphatic rings. The van der Waals surface area contributed by atoms with Crippen LogP contribution in [0.5, 0.6) is 0 Å². The molecule has 1 saturated heterocycles. The van der Waals surface area contributed by atoms with Crippen LogP contribution in [0.1, 0.15) is 96.4 Å². The molecule has 0 aromatic heterocycles. The molecule has 222 valence electrons. The summed E-state index contributed by atoms with van der Waals surface area (Å²) in [4.78, 5) is 28.3. The third-order valence-electron chi connectivity index (χ3n) is 13.4. The second kappa shape index (κ2) is 8.88. The monoisotopic (exact) mass is 546 g/mol. The molecule has 5 unspecified atom stereocenters. The van der Waals surface area contributed by atoms with E-state index in [0.717, 1.165) is 11.1 Å². The maximum absolute atomic E-state index is 15.1. The number of esters is 1. The number of Topliss-reactive ketones (excluding diaryl/α,β-unsaturated/α-hetero) is 1. The second-order valence-corrected chi connectivity index (χ2v) is 15.6. The van der Waals surface area contributed by atoms with E-state index in [4.69, 9.17) is 14.2 Å². The fourth-order valence-electron chi connectivity index (χ4n) is 9.69. The fourth-order valence-corrected chi connectivity index (χ4v) is 9.69. The van der Waals surface area contributed by atoms with E-state index in [0.29, 0.717) is 6.61 Å². The lowest BCUT2D eigenvalue weighted by Crippen LogP contribution is -2.83. The quantitative estimate of drug-likeness (QED) is 0.344. The van der Waals surface area contributed by atoms with Crippen molar-refractivity contribution < 1.29 is 28.9 Å². The third-order valence-corrected chi connectivity index (χ3v) is 13.4. The molecule has 0 aromatic rings. The Hall–Kier alpha value is -1.24. The number of hydrogen-bond acceptors (Lipinski definition) is 6. The number of fused-ring (bicyclic) bond motifs is 5. The lowest BCUT2D eigenvalue weighted by Gasteiger charge is -2.75. The molecular weight excluding hydrogens is 492 g/mol. The highest BCUT2D eigenvalue weighted by Gasteiger charge is 2.80. The number of rotatable bonds is 4. The van der Waals surface area contributed by atoms with Crippen LogP contribution >= 0.6 is 0 Å². The standard InChI is InChI=1S/C33H54O6/c1-17(2)18(3)26(35)39-22-15-33(36)21(6)24-31(13,25(34)20(5)23(19(22)4)28(33,7)8)30(11,12)29(9,10)27-32(24,37-14)16-38-27/h17-18,20-22,24,27,36H,15-16H2,1-14H3/t18-,20-,21+,22?,24?,27?,31-,32?,33?/m1/s1. The van der Waals surface area contributed by atoms with Crippen molar-refractivity contribution in [2.45, 2.75) is 120 Å². The maximum Gasteiger partial charge on any atom is 0.309 e. The lowest BCUT2D eigenvalue weighted by molar-refractivity contribution is -0.386. The molecule has 0 amide bonds. The predicted molar refractivity (Wildman–Crippen MR) is 152 cm³/mol. The minimum Gasteiger partial charge on any atom is -0.458 e. The Morgan fingerprint density at radius 1 is 1.05 bits per heavy atom. The number of carbonyl (C=O) groups is 2. The van der Waals surface area contributed by atoms with Gasteiger partial charge in [0.25, 0.3) is 0 Å². The fraction of sp³-hybridized carbons (Fsp3) is 0.879. The van der Waals surface area contributed by atoms with Crippen molar-refractivity contribution in [2.24, 2.45) is 51.2 Å². The molecule has 39 heavy (non-hydrogen) atoms. The van der Waals surface area contributed by atoms with Crippen LogP contribution in [0.25, 0.3) is 0 Å². The van der Waals surface area contributed by atoms with Crippen LogP contribution in [0.2, 0.25) is 0 Å². The van der Waals surface area contributed by atoms with E-state index >= 15 is 4.79 Å². The number of methoxy groups -OCH3 is 1. The molecule has 6 heteroatoms. The van der Waals surface area contributed by atoms with Crippen LogP contribution in [-0.2, 0) is 23.8 Å². The van der Waals surface area contributed by atoms with Crippen molar-refractivity contribution in [2.75, 3.05) is 13.7 Å². The zero-order valence-corrected chi connectivity index (χ0v) is 26.9. The number of ketones is 1. The summed E-state index contributed by atoms with van der Waals surface area (Å²) >= 11 is 0. The van der Waals surface area contributed by atoms with Crippen LogP contribution in [0.15, 0.2) is 11.1 Å². The molecule has 1 heterocycles. The van der Waals surface area contributed by atoms with Crippen molar-refractivity contribution in [1.82, 2.24) is 0 Å². The average molecular weight is 547 g/mol. The van der Waals surface area contributed by atoms with E-state index in [1.807, 2.05) is 34.6 Å². The van der Waals surface area contributed by atoms with Crippen LogP contribution in [0.3, 0.4) is 0 Å². The van der Waals surface area contributed by atoms with Gasteiger partial charge in [-0.1, -0.05) is 83.1 Å². The van der Waals surface area contributed by atoms with Gasteiger partial charge in [-0.3, -0.25) is 9.59 Å². The molecule has 1 aliphatic heterocycles. The van der Waals surface area contributed by atoms with Crippen molar-refractivity contribution in [3.63, 3.8) is 0 Å². The zero-order valence-electron chi connectivity index (χ0n) is 26.9. The first-order valence-corrected chi connectivity index (χ1v) is 15.0. The first-order valence-electron chi connectivity index (χ1n) is 15.0. The summed E-state index contributed by atoms with van der Waals surface area (Å²) in [5, 5.41) is 13.0. The number of hydrogen-bond donors (Lipinski definition) is 1. The van der Waals surface area contributed by atoms with Crippen LogP contribution < -0.4 is 0 Å². The maximum atomic E-state index is 15.1. The highest BCUT2D eigenvalue weighted by molar-refractivity contribution is 5.91. The zero-order chi connectivity index (χ0) is 29.9. The summed E-state index contributed by atoms with van der Waals surface area (Å²) in [6.45, 7) is 27.4. The Morgan fingerprint density at radius 2 is 1.62 bits per heavy atom. The molecule has 2 bridgehead atoms. The van der Waals surface area contributed by atoms with Crippen molar-refractivity contribution >= 4 is 11.8 Å². The van der Waals surface area contributed by atoms with Crippen molar-refractivity contribution in [1.29, 1.82) is 0 Å². The van der Waals surface area contributed by atoms with Gasteiger partial charge in [0.15, 0.2) is 0 Å². The van der Waals surface area contributed by atoms with Gasteiger partial charge in [-0.2, -0.15) is 0 Å². The third kappa shape index (κ3) is 3.43. The average Bonchev–Trinajstić information content (AvgIpc) is 2.81. The van der Waals surface area contributed by atoms with E-state index in [1.165, 1.54) is 0 Å². The molecule has 0 aromatic carbocycles. The highest BCUT2D eigenvalue weighted by atomic mass is 16.6. The summed E-state index contributed by atoms with van der Waals surface area (Å²) in [7, 11) is 1.73. The van der Waals surface area contributed by atoms with Gasteiger partial charge in [-0.25, -0.2) is 0 Å². The molecule has 0 spiro atoms. The number of ether oxygens (including phenoxy) is 3. The van der Waals surface area contributed by atoms with Gasteiger partial charge < -0.3 is 19.3 Å². The molecule has 4 rings (SSSR count). The predicted octanol–water partition coefficient (Wildman–Crippen LogP) is 6.00. The Kier molecular flexibility index (Phi) is 6.99. The number of carbonyl (C=O) groups excluding carboxylic acids is 2. The Balaban J connectivity index is 1.99. The summed E-state index contributed by atoms with van der Waals surface area (Å²) in [6, 6.07) is 0. The summed E-state index contributed by atoms with van der Waals surface area (Å²) in [5.74, 6) is -1.31. The van der Waals surface area contributed by atoms with Crippen LogP contribution in [0.4, 0.5) is 0 Å². The molecule has 3 fully saturated rings. The number of aliphatic hydroxyl groups is 1. The highest BCUT2D eigenvalue weighted by Crippen LogP contribution is 2.74. The van der Waals surface area contributed by atoms with Gasteiger partial charge in [0.1, 0.15) is 17.5 Å². The first-order chi connectivity index (χ1) is 17.6. The molecule has 6 nitrogen and oxygen atoms in total. The minimum absolute atomic E-state index is 0.143. The van der Waals surface area contributed by atoms with Crippen LogP contribution in [0, 0.1) is 51.2 Å². The lowest BCUT2D eigenvalue weighted by atomic mass is 9.33. The summed E-state index contributed by atoms with van der Waals surface area (Å²) in [6.07, 6.45) is -0.509. The van der Waals surface area contributed by atoms with Gasteiger partial charge >= 0.3 is 5.97 Å². The van der Waals surface area contributed by atoms with E-state index < -0.39 is 39.5 Å². The van der Waals surface area contributed by atoms with E-state index in [9.17, 15) is 9.90 Å². The van der Waals surface area contributed by atoms with E-state index in [2.05, 4.69) is 55.4 Å². The van der Waals surface area contributed by atoms with Crippen molar-refractivity contribution in [3.05, 3.63) is 11.1 Å². The summed E-state index contributed by atoms with van der Waals surface area (Å²) < 4.78 is 18.9. The molecular formula is C33H54O6.